The molecule has 25 heavy (non-hydrogen) atoms. The van der Waals surface area contributed by atoms with Crippen LogP contribution < -0.4 is 10.6 Å². The lowest BCUT2D eigenvalue weighted by molar-refractivity contribution is 0.251. The number of amides is 2. The Morgan fingerprint density at radius 1 is 1.32 bits per heavy atom. The van der Waals surface area contributed by atoms with E-state index in [9.17, 15) is 4.79 Å². The van der Waals surface area contributed by atoms with Crippen LogP contribution in [0.3, 0.4) is 0 Å². The van der Waals surface area contributed by atoms with Crippen LogP contribution in [-0.4, -0.2) is 25.6 Å². The molecule has 2 heterocycles. The summed E-state index contributed by atoms with van der Waals surface area (Å²) in [5, 5.41) is 5.83. The minimum Gasteiger partial charge on any atom is -0.345 e. The molecule has 7 heteroatoms. The first kappa shape index (κ1) is 17.0. The van der Waals surface area contributed by atoms with Gasteiger partial charge in [-0.25, -0.2) is 14.8 Å². The number of urea groups is 1. The molecular formula is C18H24N6O. The van der Waals surface area contributed by atoms with Crippen LogP contribution in [0.5, 0.6) is 0 Å². The summed E-state index contributed by atoms with van der Waals surface area (Å²) in [6.45, 7) is 9.61. The Hall–Kier alpha value is -2.83. The SMILES string of the molecule is Cc1c(NC(=O)NCc2cncn2CC(C)C)cc2[nH]cnc2c1C. The van der Waals surface area contributed by atoms with Gasteiger partial charge in [-0.3, -0.25) is 0 Å². The molecule has 132 valence electrons. The van der Waals surface area contributed by atoms with Crippen LogP contribution >= 0.6 is 0 Å². The number of hydrogen-bond acceptors (Lipinski definition) is 3. The second-order valence-electron chi connectivity index (χ2n) is 6.71. The van der Waals surface area contributed by atoms with Gasteiger partial charge in [0, 0.05) is 18.4 Å². The van der Waals surface area contributed by atoms with E-state index in [0.717, 1.165) is 40.1 Å². The Morgan fingerprint density at radius 3 is 2.88 bits per heavy atom. The highest BCUT2D eigenvalue weighted by Gasteiger charge is 2.12. The molecule has 0 saturated carbocycles. The number of rotatable bonds is 5. The van der Waals surface area contributed by atoms with Crippen LogP contribution in [0.4, 0.5) is 10.5 Å². The smallest absolute Gasteiger partial charge is 0.319 e. The predicted molar refractivity (Wildman–Crippen MR) is 98.5 cm³/mol. The third-order valence-electron chi connectivity index (χ3n) is 4.32. The van der Waals surface area contributed by atoms with Gasteiger partial charge >= 0.3 is 6.03 Å². The fourth-order valence-electron chi connectivity index (χ4n) is 2.87. The first-order chi connectivity index (χ1) is 12.0. The van der Waals surface area contributed by atoms with Crippen LogP contribution in [0.25, 0.3) is 11.0 Å². The van der Waals surface area contributed by atoms with Gasteiger partial charge in [0.05, 0.1) is 35.9 Å². The normalized spacial score (nSPS) is 11.2. The summed E-state index contributed by atoms with van der Waals surface area (Å²) in [6, 6.07) is 1.67. The molecule has 3 N–H and O–H groups in total. The first-order valence-corrected chi connectivity index (χ1v) is 8.43. The number of aromatic amines is 1. The Kier molecular flexibility index (Phi) is 4.74. The van der Waals surface area contributed by atoms with Gasteiger partial charge in [-0.1, -0.05) is 13.8 Å². The van der Waals surface area contributed by atoms with Gasteiger partial charge in [0.2, 0.25) is 0 Å². The van der Waals surface area contributed by atoms with Crippen molar-refractivity contribution >= 4 is 22.8 Å². The number of carbonyl (C=O) groups is 1. The Morgan fingerprint density at radius 2 is 2.12 bits per heavy atom. The maximum atomic E-state index is 12.3. The summed E-state index contributed by atoms with van der Waals surface area (Å²) < 4.78 is 2.07. The highest BCUT2D eigenvalue weighted by Crippen LogP contribution is 2.26. The molecule has 0 fully saturated rings. The molecule has 0 aliphatic rings. The zero-order valence-corrected chi connectivity index (χ0v) is 15.1. The molecular weight excluding hydrogens is 316 g/mol. The second kappa shape index (κ2) is 6.96. The number of imidazole rings is 2. The third-order valence-corrected chi connectivity index (χ3v) is 4.32. The molecule has 2 amide bonds. The van der Waals surface area contributed by atoms with Gasteiger partial charge < -0.3 is 20.2 Å². The lowest BCUT2D eigenvalue weighted by Gasteiger charge is -2.14. The molecule has 1 aromatic carbocycles. The van der Waals surface area contributed by atoms with Gasteiger partial charge in [0.1, 0.15) is 0 Å². The van der Waals surface area contributed by atoms with E-state index in [1.807, 2.05) is 19.9 Å². The van der Waals surface area contributed by atoms with Crippen LogP contribution in [0.2, 0.25) is 0 Å². The number of hydrogen-bond donors (Lipinski definition) is 3. The van der Waals surface area contributed by atoms with Crippen molar-refractivity contribution in [2.45, 2.75) is 40.8 Å². The molecule has 0 aliphatic heterocycles. The Labute approximate surface area is 146 Å². The number of benzene rings is 1. The van der Waals surface area contributed by atoms with Crippen molar-refractivity contribution in [1.82, 2.24) is 24.8 Å². The van der Waals surface area contributed by atoms with E-state index in [1.165, 1.54) is 0 Å². The van der Waals surface area contributed by atoms with Crippen molar-refractivity contribution in [1.29, 1.82) is 0 Å². The van der Waals surface area contributed by atoms with Crippen molar-refractivity contribution in [2.75, 3.05) is 5.32 Å². The van der Waals surface area contributed by atoms with Gasteiger partial charge in [-0.15, -0.1) is 0 Å². The maximum absolute atomic E-state index is 12.3. The number of nitrogens with zero attached hydrogens (tertiary/aromatic N) is 3. The van der Waals surface area contributed by atoms with Gasteiger partial charge in [-0.2, -0.15) is 0 Å². The van der Waals surface area contributed by atoms with Gasteiger partial charge in [0.25, 0.3) is 0 Å². The standard InChI is InChI=1S/C18H24N6O/c1-11(2)8-24-10-19-6-14(24)7-20-18(25)23-15-5-16-17(22-9-21-16)13(4)12(15)3/h5-6,9-11H,7-8H2,1-4H3,(H,21,22)(H2,20,23,25). The van der Waals surface area contributed by atoms with E-state index < -0.39 is 0 Å². The van der Waals surface area contributed by atoms with Crippen molar-refractivity contribution < 1.29 is 4.79 Å². The fourth-order valence-corrected chi connectivity index (χ4v) is 2.87. The molecule has 0 radical (unpaired) electrons. The molecule has 0 spiro atoms. The van der Waals surface area contributed by atoms with Crippen molar-refractivity contribution in [3.8, 4) is 0 Å². The van der Waals surface area contributed by atoms with Gasteiger partial charge in [0.15, 0.2) is 0 Å². The highest BCUT2D eigenvalue weighted by atomic mass is 16.2. The second-order valence-corrected chi connectivity index (χ2v) is 6.71. The van der Waals surface area contributed by atoms with E-state index in [2.05, 4.69) is 44.0 Å². The number of anilines is 1. The number of H-pyrrole nitrogens is 1. The molecule has 0 unspecified atom stereocenters. The zero-order valence-electron chi connectivity index (χ0n) is 15.1. The van der Waals surface area contributed by atoms with Crippen LogP contribution in [0, 0.1) is 19.8 Å². The van der Waals surface area contributed by atoms with E-state index in [4.69, 9.17) is 0 Å². The molecule has 3 aromatic rings. The first-order valence-electron chi connectivity index (χ1n) is 8.43. The third kappa shape index (κ3) is 3.65. The highest BCUT2D eigenvalue weighted by molar-refractivity contribution is 5.94. The quantitative estimate of drug-likeness (QED) is 0.665. The largest absolute Gasteiger partial charge is 0.345 e. The van der Waals surface area contributed by atoms with Crippen molar-refractivity contribution in [3.05, 3.63) is 41.7 Å². The molecule has 0 aliphatic carbocycles. The van der Waals surface area contributed by atoms with E-state index in [1.54, 1.807) is 18.9 Å². The van der Waals surface area contributed by atoms with Crippen LogP contribution in [0.1, 0.15) is 30.7 Å². The molecule has 0 bridgehead atoms. The average Bonchev–Trinajstić information content (AvgIpc) is 3.19. The summed E-state index contributed by atoms with van der Waals surface area (Å²) >= 11 is 0. The Balaban J connectivity index is 1.67. The average molecular weight is 340 g/mol. The summed E-state index contributed by atoms with van der Waals surface area (Å²) in [5.41, 5.74) is 5.68. The summed E-state index contributed by atoms with van der Waals surface area (Å²) in [5.74, 6) is 0.522. The molecule has 7 nitrogen and oxygen atoms in total. The summed E-state index contributed by atoms with van der Waals surface area (Å²) in [7, 11) is 0. The number of fused-ring (bicyclic) bond motifs is 1. The zero-order chi connectivity index (χ0) is 18.0. The summed E-state index contributed by atoms with van der Waals surface area (Å²) in [4.78, 5) is 23.9. The fraction of sp³-hybridized carbons (Fsp3) is 0.389. The van der Waals surface area contributed by atoms with E-state index >= 15 is 0 Å². The van der Waals surface area contributed by atoms with E-state index in [0.29, 0.717) is 12.5 Å². The molecule has 0 saturated heterocycles. The van der Waals surface area contributed by atoms with Crippen LogP contribution in [0.15, 0.2) is 24.9 Å². The number of aromatic nitrogens is 4. The van der Waals surface area contributed by atoms with E-state index in [-0.39, 0.29) is 6.03 Å². The van der Waals surface area contributed by atoms with Crippen molar-refractivity contribution in [3.63, 3.8) is 0 Å². The molecule has 3 rings (SSSR count). The summed E-state index contributed by atoms with van der Waals surface area (Å²) in [6.07, 6.45) is 5.25. The number of carbonyl (C=O) groups excluding carboxylic acids is 1. The lowest BCUT2D eigenvalue weighted by Crippen LogP contribution is -2.29. The Bertz CT molecular complexity index is 892. The maximum Gasteiger partial charge on any atom is 0.319 e. The number of aryl methyl sites for hydroxylation is 1. The minimum absolute atomic E-state index is 0.237. The topological polar surface area (TPSA) is 87.6 Å². The lowest BCUT2D eigenvalue weighted by atomic mass is 10.1. The predicted octanol–water partition coefficient (Wildman–Crippen LogP) is 3.35. The number of nitrogens with one attached hydrogen (secondary N) is 3. The van der Waals surface area contributed by atoms with Crippen molar-refractivity contribution in [2.24, 2.45) is 5.92 Å². The molecule has 2 aromatic heterocycles. The monoisotopic (exact) mass is 340 g/mol. The molecule has 0 atom stereocenters. The van der Waals surface area contributed by atoms with Gasteiger partial charge in [-0.05, 0) is 37.0 Å². The van der Waals surface area contributed by atoms with Crippen LogP contribution in [-0.2, 0) is 13.1 Å². The minimum atomic E-state index is -0.237.